The molecule has 6 heteroatoms. The highest BCUT2D eigenvalue weighted by molar-refractivity contribution is 5.62. The average Bonchev–Trinajstić information content (AvgIpc) is 3.20. The molecule has 0 saturated carbocycles. The summed E-state index contributed by atoms with van der Waals surface area (Å²) in [6.45, 7) is 3.43. The van der Waals surface area contributed by atoms with E-state index in [0.29, 0.717) is 24.7 Å². The van der Waals surface area contributed by atoms with Crippen LogP contribution in [0, 0.1) is 12.7 Å². The van der Waals surface area contributed by atoms with E-state index in [9.17, 15) is 4.39 Å². The highest BCUT2D eigenvalue weighted by Crippen LogP contribution is 2.22. The van der Waals surface area contributed by atoms with E-state index in [0.717, 1.165) is 22.4 Å². The molecule has 146 valence electrons. The summed E-state index contributed by atoms with van der Waals surface area (Å²) in [5, 5.41) is 10.7. The molecule has 0 amide bonds. The maximum Gasteiger partial charge on any atom is 0.219 e. The zero-order valence-electron chi connectivity index (χ0n) is 16.0. The van der Waals surface area contributed by atoms with Crippen LogP contribution in [0.3, 0.4) is 0 Å². The van der Waals surface area contributed by atoms with Crippen molar-refractivity contribution in [2.75, 3.05) is 0 Å². The number of aromatic amines is 1. The van der Waals surface area contributed by atoms with E-state index in [2.05, 4.69) is 51.7 Å². The fourth-order valence-electron chi connectivity index (χ4n) is 2.96. The van der Waals surface area contributed by atoms with Gasteiger partial charge in [-0.05, 0) is 42.3 Å². The summed E-state index contributed by atoms with van der Waals surface area (Å²) in [5.74, 6) is 0.722. The van der Waals surface area contributed by atoms with E-state index in [1.807, 2.05) is 12.3 Å². The van der Waals surface area contributed by atoms with Gasteiger partial charge in [-0.25, -0.2) is 9.37 Å². The van der Waals surface area contributed by atoms with Crippen LogP contribution in [-0.2, 0) is 13.1 Å². The van der Waals surface area contributed by atoms with Gasteiger partial charge in [0, 0.05) is 30.9 Å². The Kier molecular flexibility index (Phi) is 5.63. The molecule has 0 aliphatic rings. The Hall–Kier alpha value is -3.51. The molecule has 0 aliphatic carbocycles. The molecule has 29 heavy (non-hydrogen) atoms. The second-order valence-electron chi connectivity index (χ2n) is 6.80. The lowest BCUT2D eigenvalue weighted by molar-refractivity contribution is 0.460. The number of aryl methyl sites for hydroxylation is 1. The Balaban J connectivity index is 1.33. The number of pyridine rings is 1. The first-order valence-corrected chi connectivity index (χ1v) is 9.36. The number of rotatable bonds is 7. The third kappa shape index (κ3) is 4.86. The maximum absolute atomic E-state index is 13.0. The Bertz CT molecular complexity index is 1060. The number of hydrogen-bond acceptors (Lipinski definition) is 4. The Morgan fingerprint density at radius 2 is 1.72 bits per heavy atom. The third-order valence-corrected chi connectivity index (χ3v) is 4.54. The molecule has 4 rings (SSSR count). The number of nitrogens with zero attached hydrogens (tertiary/aromatic N) is 2. The minimum Gasteiger partial charge on any atom is -0.439 e. The van der Waals surface area contributed by atoms with Gasteiger partial charge in [0.05, 0.1) is 11.9 Å². The molecule has 0 saturated heterocycles. The maximum atomic E-state index is 13.0. The van der Waals surface area contributed by atoms with Gasteiger partial charge >= 0.3 is 0 Å². The lowest BCUT2D eigenvalue weighted by Gasteiger charge is -2.08. The van der Waals surface area contributed by atoms with Crippen molar-refractivity contribution in [1.29, 1.82) is 0 Å². The van der Waals surface area contributed by atoms with Crippen LogP contribution >= 0.6 is 0 Å². The smallest absolute Gasteiger partial charge is 0.219 e. The van der Waals surface area contributed by atoms with Gasteiger partial charge < -0.3 is 10.1 Å². The van der Waals surface area contributed by atoms with Crippen molar-refractivity contribution in [2.24, 2.45) is 0 Å². The van der Waals surface area contributed by atoms with E-state index < -0.39 is 0 Å². The van der Waals surface area contributed by atoms with Crippen molar-refractivity contribution in [3.8, 4) is 22.9 Å². The number of H-pyrrole nitrogens is 1. The van der Waals surface area contributed by atoms with E-state index >= 15 is 0 Å². The average molecular weight is 388 g/mol. The van der Waals surface area contributed by atoms with Crippen LogP contribution in [0.1, 0.15) is 16.7 Å². The van der Waals surface area contributed by atoms with Crippen molar-refractivity contribution in [3.63, 3.8) is 0 Å². The van der Waals surface area contributed by atoms with Gasteiger partial charge in [-0.15, -0.1) is 0 Å². The summed E-state index contributed by atoms with van der Waals surface area (Å²) in [6, 6.07) is 18.0. The van der Waals surface area contributed by atoms with Crippen LogP contribution in [0.4, 0.5) is 4.39 Å². The number of benzene rings is 2. The summed E-state index contributed by atoms with van der Waals surface area (Å²) in [7, 11) is 0. The zero-order chi connectivity index (χ0) is 20.1. The summed E-state index contributed by atoms with van der Waals surface area (Å²) in [4.78, 5) is 4.31. The van der Waals surface area contributed by atoms with E-state index in [-0.39, 0.29) is 5.82 Å². The number of aromatic nitrogens is 3. The topological polar surface area (TPSA) is 62.8 Å². The fourth-order valence-corrected chi connectivity index (χ4v) is 2.96. The van der Waals surface area contributed by atoms with Crippen LogP contribution in [0.25, 0.3) is 11.3 Å². The van der Waals surface area contributed by atoms with Crippen LogP contribution in [0.15, 0.2) is 73.1 Å². The first-order chi connectivity index (χ1) is 14.2. The van der Waals surface area contributed by atoms with Gasteiger partial charge in [0.15, 0.2) is 0 Å². The molecule has 2 aromatic heterocycles. The van der Waals surface area contributed by atoms with Crippen LogP contribution < -0.4 is 10.1 Å². The van der Waals surface area contributed by atoms with Crippen LogP contribution in [0.2, 0.25) is 0 Å². The summed E-state index contributed by atoms with van der Waals surface area (Å²) < 4.78 is 18.6. The number of hydrogen-bond donors (Lipinski definition) is 2. The summed E-state index contributed by atoms with van der Waals surface area (Å²) in [6.07, 6.45) is 3.61. The minimum absolute atomic E-state index is 0.296. The highest BCUT2D eigenvalue weighted by Gasteiger charge is 2.07. The lowest BCUT2D eigenvalue weighted by Crippen LogP contribution is -2.13. The van der Waals surface area contributed by atoms with Crippen molar-refractivity contribution in [1.82, 2.24) is 20.5 Å². The van der Waals surface area contributed by atoms with Crippen molar-refractivity contribution in [3.05, 3.63) is 95.6 Å². The first-order valence-electron chi connectivity index (χ1n) is 9.36. The molecule has 0 spiro atoms. The Morgan fingerprint density at radius 3 is 2.45 bits per heavy atom. The molecule has 0 radical (unpaired) electrons. The molecule has 2 N–H and O–H groups in total. The molecule has 0 bridgehead atoms. The molecular weight excluding hydrogens is 367 g/mol. The molecule has 0 fully saturated rings. The molecule has 2 aromatic carbocycles. The monoisotopic (exact) mass is 388 g/mol. The highest BCUT2D eigenvalue weighted by atomic mass is 19.1. The molecule has 0 aliphatic heterocycles. The fraction of sp³-hybridized carbons (Fsp3) is 0.130. The summed E-state index contributed by atoms with van der Waals surface area (Å²) >= 11 is 0. The zero-order valence-corrected chi connectivity index (χ0v) is 16.0. The van der Waals surface area contributed by atoms with Crippen molar-refractivity contribution in [2.45, 2.75) is 20.0 Å². The van der Waals surface area contributed by atoms with Gasteiger partial charge in [-0.2, -0.15) is 5.10 Å². The second-order valence-corrected chi connectivity index (χ2v) is 6.80. The van der Waals surface area contributed by atoms with E-state index in [4.69, 9.17) is 4.74 Å². The number of halogens is 1. The Morgan fingerprint density at radius 1 is 0.931 bits per heavy atom. The van der Waals surface area contributed by atoms with E-state index in [1.54, 1.807) is 24.4 Å². The molecular formula is C23H21FN4O. The summed E-state index contributed by atoms with van der Waals surface area (Å²) in [5.41, 5.74) is 5.52. The lowest BCUT2D eigenvalue weighted by atomic mass is 10.1. The van der Waals surface area contributed by atoms with Crippen LogP contribution in [0.5, 0.6) is 11.6 Å². The molecule has 2 heterocycles. The molecule has 4 aromatic rings. The standard InChI is InChI=1S/C23H21FN4O/c1-16-2-5-18(6-3-16)23-19(15-27-28-23)14-25-12-17-4-11-22(26-13-17)29-21-9-7-20(24)8-10-21/h2-11,13,15,25H,12,14H2,1H3,(H,27,28). The molecule has 0 unspecified atom stereocenters. The number of ether oxygens (including phenoxy) is 1. The van der Waals surface area contributed by atoms with Crippen LogP contribution in [-0.4, -0.2) is 15.2 Å². The molecule has 5 nitrogen and oxygen atoms in total. The van der Waals surface area contributed by atoms with Crippen molar-refractivity contribution >= 4 is 0 Å². The number of nitrogens with one attached hydrogen (secondary N) is 2. The largest absolute Gasteiger partial charge is 0.439 e. The van der Waals surface area contributed by atoms with Gasteiger partial charge in [0.25, 0.3) is 0 Å². The molecule has 0 atom stereocenters. The van der Waals surface area contributed by atoms with Gasteiger partial charge in [0.1, 0.15) is 11.6 Å². The first kappa shape index (κ1) is 18.8. The predicted molar refractivity (Wildman–Crippen MR) is 110 cm³/mol. The quantitative estimate of drug-likeness (QED) is 0.468. The SMILES string of the molecule is Cc1ccc(-c2[nH]ncc2CNCc2ccc(Oc3ccc(F)cc3)nc2)cc1. The van der Waals surface area contributed by atoms with Gasteiger partial charge in [-0.3, -0.25) is 5.10 Å². The predicted octanol–water partition coefficient (Wildman–Crippen LogP) is 5.00. The van der Waals surface area contributed by atoms with Gasteiger partial charge in [-0.1, -0.05) is 35.9 Å². The Labute approximate surface area is 168 Å². The minimum atomic E-state index is -0.296. The second kappa shape index (κ2) is 8.67. The van der Waals surface area contributed by atoms with Gasteiger partial charge in [0.2, 0.25) is 5.88 Å². The van der Waals surface area contributed by atoms with E-state index in [1.165, 1.54) is 17.7 Å². The normalized spacial score (nSPS) is 10.8. The van der Waals surface area contributed by atoms with Crippen molar-refractivity contribution < 1.29 is 9.13 Å². The third-order valence-electron chi connectivity index (χ3n) is 4.54.